The number of piperidine rings is 3. The summed E-state index contributed by atoms with van der Waals surface area (Å²) in [6, 6.07) is 24.7. The van der Waals surface area contributed by atoms with E-state index in [9.17, 15) is 28.8 Å². The van der Waals surface area contributed by atoms with Gasteiger partial charge in [0.25, 0.3) is 5.91 Å². The molecule has 3 aliphatic carbocycles. The molecule has 0 unspecified atom stereocenters. The highest BCUT2D eigenvalue weighted by atomic mass is 79.9. The van der Waals surface area contributed by atoms with Crippen molar-refractivity contribution in [3.05, 3.63) is 137 Å². The van der Waals surface area contributed by atoms with E-state index in [2.05, 4.69) is 62.5 Å². The minimum atomic E-state index is -0.205. The summed E-state index contributed by atoms with van der Waals surface area (Å²) < 4.78 is 0. The average Bonchev–Trinajstić information content (AvgIpc) is 1.91. The maximum absolute atomic E-state index is 12.6. The summed E-state index contributed by atoms with van der Waals surface area (Å²) >= 11 is 39.0. The summed E-state index contributed by atoms with van der Waals surface area (Å²) in [5.41, 5.74) is 3.36. The number of hydrogen-bond acceptors (Lipinski definition) is 9. The van der Waals surface area contributed by atoms with Crippen molar-refractivity contribution in [3.8, 4) is 0 Å². The second-order valence-electron chi connectivity index (χ2n) is 26.1. The molecule has 3 saturated carbocycles. The van der Waals surface area contributed by atoms with Crippen molar-refractivity contribution in [2.45, 2.75) is 130 Å². The number of likely N-dealkylation sites (tertiary alicyclic amines) is 2. The van der Waals surface area contributed by atoms with Gasteiger partial charge in [0.2, 0.25) is 5.91 Å². The topological polar surface area (TPSA) is 145 Å². The van der Waals surface area contributed by atoms with Crippen LogP contribution in [0.15, 0.2) is 84.9 Å². The standard InChI is InChI=1S/C23H23Cl2NO2.C20H27Cl2N3O2.C15H17Cl2NO.C7H13BrO.BrH/c24-19-10-17(11-20(25)13-19)21(27)12-18-14-23(18)6-8-26(9-7-23)15-22(28)16-4-2-1-3-5-16;1-19(2,3)24-17(26)12-25-6-4-20(5-7-25)11-16(20)23-18(27)13-8-14(21)10-15(22)9-13;16-12-5-10(6-13(17)8-12)14(19)7-11-9-15(11)1-3-18-4-2-15;1-7(2,3)4-6(9)5-8;/h1-5,10-11,13,18H,6-9,12,14-15H2;8-10,16H,4-7,11-12H2,1-3H3,(H,23,27)(H,24,26);5-6,8,11,18H,1-4,7,9H2;4-5H2,1-3H3;1H/t18-;16-;11-;;/m000../s1. The van der Waals surface area contributed by atoms with E-state index in [1.807, 2.05) is 51.1 Å². The lowest BCUT2D eigenvalue weighted by Gasteiger charge is -2.33. The average molecular weight is 1400 g/mol. The zero-order valence-corrected chi connectivity index (χ0v) is 56.9. The number of amides is 2. The maximum Gasteiger partial charge on any atom is 0.251 e. The maximum atomic E-state index is 12.6. The number of rotatable bonds is 15. The minimum absolute atomic E-state index is 0. The number of nitrogens with zero attached hydrogens (tertiary/aromatic N) is 2. The first-order valence-corrected chi connectivity index (χ1v) is 32.3. The van der Waals surface area contributed by atoms with Gasteiger partial charge >= 0.3 is 0 Å². The number of carbonyl (C=O) groups excluding carboxylic acids is 6. The Morgan fingerprint density at radius 2 is 0.964 bits per heavy atom. The van der Waals surface area contributed by atoms with E-state index in [-0.39, 0.29) is 79.8 Å². The molecule has 458 valence electrons. The van der Waals surface area contributed by atoms with Crippen LogP contribution in [0.1, 0.15) is 160 Å². The molecule has 10 rings (SSSR count). The fourth-order valence-electron chi connectivity index (χ4n) is 12.3. The molecule has 3 atom stereocenters. The predicted molar refractivity (Wildman–Crippen MR) is 352 cm³/mol. The number of carbonyl (C=O) groups is 6. The van der Waals surface area contributed by atoms with Crippen LogP contribution < -0.4 is 16.0 Å². The van der Waals surface area contributed by atoms with E-state index in [1.54, 1.807) is 54.6 Å². The number of benzene rings is 4. The quantitative estimate of drug-likeness (QED) is 0.0782. The van der Waals surface area contributed by atoms with Gasteiger partial charge in [-0.1, -0.05) is 137 Å². The molecule has 19 heteroatoms. The molecule has 3 spiro atoms. The zero-order valence-electron chi connectivity index (χ0n) is 49.1. The highest BCUT2D eigenvalue weighted by Gasteiger charge is 2.57. The lowest BCUT2D eigenvalue weighted by molar-refractivity contribution is -0.124. The molecule has 3 aliphatic heterocycles. The molecule has 3 heterocycles. The molecule has 4 aromatic rings. The normalized spacial score (nSPS) is 20.7. The van der Waals surface area contributed by atoms with Gasteiger partial charge in [0.05, 0.1) is 18.4 Å². The fourth-order valence-corrected chi connectivity index (χ4v) is 14.0. The van der Waals surface area contributed by atoms with Crippen LogP contribution in [0.4, 0.5) is 0 Å². The van der Waals surface area contributed by atoms with Gasteiger partial charge in [-0.25, -0.2) is 0 Å². The number of alkyl halides is 1. The molecule has 4 aromatic carbocycles. The zero-order chi connectivity index (χ0) is 60.5. The van der Waals surface area contributed by atoms with Crippen LogP contribution in [-0.4, -0.2) is 114 Å². The number of nitrogens with one attached hydrogen (secondary N) is 3. The smallest absolute Gasteiger partial charge is 0.251 e. The summed E-state index contributed by atoms with van der Waals surface area (Å²) in [6.45, 7) is 18.9. The van der Waals surface area contributed by atoms with Crippen molar-refractivity contribution in [1.82, 2.24) is 25.8 Å². The third-order valence-corrected chi connectivity index (χ3v) is 19.0. The Balaban J connectivity index is 0.000000190. The summed E-state index contributed by atoms with van der Waals surface area (Å²) in [5, 5.41) is 13.0. The van der Waals surface area contributed by atoms with Crippen molar-refractivity contribution < 1.29 is 28.8 Å². The van der Waals surface area contributed by atoms with Crippen LogP contribution in [-0.2, 0) is 9.59 Å². The Labute approximate surface area is 546 Å². The van der Waals surface area contributed by atoms with E-state index in [1.165, 1.54) is 19.3 Å². The first kappa shape index (κ1) is 70.2. The third kappa shape index (κ3) is 21.4. The first-order valence-electron chi connectivity index (χ1n) is 28.9. The molecule has 0 radical (unpaired) electrons. The van der Waals surface area contributed by atoms with Gasteiger partial charge in [0, 0.05) is 83.2 Å². The van der Waals surface area contributed by atoms with Crippen LogP contribution in [0.3, 0.4) is 0 Å². The lowest BCUT2D eigenvalue weighted by atomic mass is 9.88. The Kier molecular flexibility index (Phi) is 25.5. The van der Waals surface area contributed by atoms with Gasteiger partial charge in [-0.2, -0.15) is 0 Å². The van der Waals surface area contributed by atoms with Gasteiger partial charge in [-0.05, 0) is 206 Å². The van der Waals surface area contributed by atoms with E-state index < -0.39 is 0 Å². The van der Waals surface area contributed by atoms with E-state index in [4.69, 9.17) is 69.6 Å². The molecule has 6 aliphatic rings. The highest BCUT2D eigenvalue weighted by molar-refractivity contribution is 9.09. The van der Waals surface area contributed by atoms with Crippen molar-refractivity contribution in [2.24, 2.45) is 33.5 Å². The second kappa shape index (κ2) is 30.5. The molecule has 6 fully saturated rings. The second-order valence-corrected chi connectivity index (χ2v) is 29.3. The molecule has 3 N–H and O–H groups in total. The van der Waals surface area contributed by atoms with Crippen LogP contribution in [0.2, 0.25) is 30.1 Å². The molecule has 3 saturated heterocycles. The van der Waals surface area contributed by atoms with Crippen molar-refractivity contribution >= 4 is 137 Å². The minimum Gasteiger partial charge on any atom is -0.350 e. The van der Waals surface area contributed by atoms with E-state index in [0.29, 0.717) is 102 Å². The fraction of sp³-hybridized carbons (Fsp3) is 0.538. The molecule has 0 bridgehead atoms. The summed E-state index contributed by atoms with van der Waals surface area (Å²) in [7, 11) is 0. The monoisotopic (exact) mass is 1400 g/mol. The molecular formula is C65H81Br2Cl6N5O6. The Morgan fingerprint density at radius 1 is 0.548 bits per heavy atom. The predicted octanol–water partition coefficient (Wildman–Crippen LogP) is 16.0. The van der Waals surface area contributed by atoms with Gasteiger partial charge in [0.15, 0.2) is 17.3 Å². The number of hydrogen-bond donors (Lipinski definition) is 3. The SMILES string of the molecule is Br.CC(C)(C)CC(=O)CBr.CC(C)(C)NC(=O)CN1CCC2(CC1)C[C@@H]2NC(=O)c1cc(Cl)cc(Cl)c1.O=C(C[C@H]1CC12CCN(CC(=O)c1ccccc1)CC2)c1cc(Cl)cc(Cl)c1.O=C(C[C@H]1CC12CCNCC2)c1cc(Cl)cc(Cl)c1. The van der Waals surface area contributed by atoms with Gasteiger partial charge in [-0.15, -0.1) is 17.0 Å². The first-order chi connectivity index (χ1) is 39.1. The number of Topliss-reactive ketones (excluding diaryl/α,β-unsaturated/α-hetero) is 4. The van der Waals surface area contributed by atoms with Crippen LogP contribution in [0.25, 0.3) is 0 Å². The summed E-state index contributed by atoms with van der Waals surface area (Å²) in [6.07, 6.45) is 11.7. The largest absolute Gasteiger partial charge is 0.350 e. The Morgan fingerprint density at radius 3 is 1.38 bits per heavy atom. The van der Waals surface area contributed by atoms with Gasteiger partial charge in [0.1, 0.15) is 5.78 Å². The Hall–Kier alpha value is -2.92. The summed E-state index contributed by atoms with van der Waals surface area (Å²) in [4.78, 5) is 77.1. The van der Waals surface area contributed by atoms with E-state index >= 15 is 0 Å². The summed E-state index contributed by atoms with van der Waals surface area (Å²) in [5.74, 6) is 1.67. The Bertz CT molecular complexity index is 2910. The van der Waals surface area contributed by atoms with Gasteiger partial charge < -0.3 is 16.0 Å². The van der Waals surface area contributed by atoms with Crippen LogP contribution in [0.5, 0.6) is 0 Å². The molecular weight excluding hydrogens is 1320 g/mol. The van der Waals surface area contributed by atoms with Crippen LogP contribution >= 0.6 is 103 Å². The van der Waals surface area contributed by atoms with Crippen molar-refractivity contribution in [3.63, 3.8) is 0 Å². The molecule has 2 amide bonds. The van der Waals surface area contributed by atoms with E-state index in [0.717, 1.165) is 83.4 Å². The number of halogens is 8. The van der Waals surface area contributed by atoms with Crippen molar-refractivity contribution in [1.29, 1.82) is 0 Å². The lowest BCUT2D eigenvalue weighted by Crippen LogP contribution is -2.48. The number of ketones is 4. The molecule has 84 heavy (non-hydrogen) atoms. The van der Waals surface area contributed by atoms with Gasteiger partial charge in [-0.3, -0.25) is 38.6 Å². The molecule has 0 aromatic heterocycles. The third-order valence-electron chi connectivity index (χ3n) is 17.1. The highest BCUT2D eigenvalue weighted by Crippen LogP contribution is 2.62. The molecule has 11 nitrogen and oxygen atoms in total. The van der Waals surface area contributed by atoms with Crippen molar-refractivity contribution in [2.75, 3.05) is 57.7 Å². The van der Waals surface area contributed by atoms with Crippen LogP contribution in [0, 0.1) is 33.5 Å².